The number of hydrogen-bond donors (Lipinski definition) is 0. The lowest BCUT2D eigenvalue weighted by Gasteiger charge is -2.07. The van der Waals surface area contributed by atoms with Crippen molar-refractivity contribution in [3.63, 3.8) is 0 Å². The van der Waals surface area contributed by atoms with Crippen molar-refractivity contribution in [1.82, 2.24) is 5.16 Å². The maximum Gasteiger partial charge on any atom is 0.331 e. The molecule has 0 unspecified atom stereocenters. The number of ether oxygens (including phenoxy) is 3. The summed E-state index contributed by atoms with van der Waals surface area (Å²) in [5.74, 6) is 1.43. The van der Waals surface area contributed by atoms with Crippen molar-refractivity contribution in [3.05, 3.63) is 46.9 Å². The first-order valence-corrected chi connectivity index (χ1v) is 7.03. The van der Waals surface area contributed by atoms with Gasteiger partial charge < -0.3 is 18.7 Å². The molecule has 0 N–H and O–H groups in total. The smallest absolute Gasteiger partial charge is 0.331 e. The lowest BCUT2D eigenvalue weighted by molar-refractivity contribution is -0.138. The van der Waals surface area contributed by atoms with Gasteiger partial charge in [-0.1, -0.05) is 11.2 Å². The van der Waals surface area contributed by atoms with E-state index in [4.69, 9.17) is 18.7 Å². The maximum absolute atomic E-state index is 11.8. The molecule has 1 aromatic heterocycles. The van der Waals surface area contributed by atoms with E-state index in [-0.39, 0.29) is 6.61 Å². The van der Waals surface area contributed by atoms with Crippen molar-refractivity contribution in [2.24, 2.45) is 0 Å². The van der Waals surface area contributed by atoms with Gasteiger partial charge >= 0.3 is 5.97 Å². The molecule has 1 aromatic carbocycles. The van der Waals surface area contributed by atoms with Gasteiger partial charge in [0.1, 0.15) is 12.4 Å². The molecule has 1 heterocycles. The minimum atomic E-state index is -0.445. The number of methoxy groups -OCH3 is 2. The van der Waals surface area contributed by atoms with Gasteiger partial charge in [0.2, 0.25) is 0 Å². The molecule has 0 aliphatic heterocycles. The van der Waals surface area contributed by atoms with E-state index in [1.807, 2.05) is 6.07 Å². The third-order valence-corrected chi connectivity index (χ3v) is 3.36. The van der Waals surface area contributed by atoms with Crippen molar-refractivity contribution in [2.45, 2.75) is 20.5 Å². The minimum absolute atomic E-state index is 0.135. The highest BCUT2D eigenvalue weighted by Crippen LogP contribution is 2.27. The van der Waals surface area contributed by atoms with Crippen LogP contribution >= 0.6 is 0 Å². The first-order chi connectivity index (χ1) is 11.0. The van der Waals surface area contributed by atoms with Crippen molar-refractivity contribution in [3.8, 4) is 11.5 Å². The Morgan fingerprint density at radius 3 is 2.57 bits per heavy atom. The fourth-order valence-corrected chi connectivity index (χ4v) is 2.02. The zero-order valence-corrected chi connectivity index (χ0v) is 13.6. The third-order valence-electron chi connectivity index (χ3n) is 3.36. The van der Waals surface area contributed by atoms with Gasteiger partial charge in [0.15, 0.2) is 11.5 Å². The van der Waals surface area contributed by atoms with Gasteiger partial charge in [0.25, 0.3) is 0 Å². The predicted octanol–water partition coefficient (Wildman–Crippen LogP) is 3.07. The van der Waals surface area contributed by atoms with Gasteiger partial charge in [-0.15, -0.1) is 0 Å². The molecule has 0 amide bonds. The molecular formula is C17H19NO5. The lowest BCUT2D eigenvalue weighted by atomic mass is 10.2. The van der Waals surface area contributed by atoms with Gasteiger partial charge in [-0.05, 0) is 37.6 Å². The number of nitrogens with zero attached hydrogens (tertiary/aromatic N) is 1. The highest BCUT2D eigenvalue weighted by molar-refractivity contribution is 5.87. The summed E-state index contributed by atoms with van der Waals surface area (Å²) in [5, 5.41) is 3.81. The van der Waals surface area contributed by atoms with Crippen LogP contribution in [0.5, 0.6) is 11.5 Å². The molecule has 2 rings (SSSR count). The second kappa shape index (κ2) is 7.49. The summed E-state index contributed by atoms with van der Waals surface area (Å²) in [6, 6.07) is 5.37. The highest BCUT2D eigenvalue weighted by Gasteiger charge is 2.10. The molecule has 0 saturated carbocycles. The largest absolute Gasteiger partial charge is 0.493 e. The molecule has 6 nitrogen and oxygen atoms in total. The van der Waals surface area contributed by atoms with E-state index >= 15 is 0 Å². The average molecular weight is 317 g/mol. The quantitative estimate of drug-likeness (QED) is 0.602. The first-order valence-electron chi connectivity index (χ1n) is 7.03. The number of esters is 1. The second-order valence-corrected chi connectivity index (χ2v) is 4.86. The van der Waals surface area contributed by atoms with Crippen LogP contribution in [0.25, 0.3) is 6.08 Å². The summed E-state index contributed by atoms with van der Waals surface area (Å²) in [4.78, 5) is 11.8. The summed E-state index contributed by atoms with van der Waals surface area (Å²) in [6.07, 6.45) is 3.01. The van der Waals surface area contributed by atoms with Crippen LogP contribution < -0.4 is 9.47 Å². The molecule has 0 atom stereocenters. The van der Waals surface area contributed by atoms with Gasteiger partial charge in [-0.25, -0.2) is 4.79 Å². The van der Waals surface area contributed by atoms with Crippen LogP contribution in [0, 0.1) is 13.8 Å². The summed E-state index contributed by atoms with van der Waals surface area (Å²) >= 11 is 0. The molecular weight excluding hydrogens is 298 g/mol. The molecule has 0 radical (unpaired) electrons. The van der Waals surface area contributed by atoms with E-state index in [9.17, 15) is 4.79 Å². The van der Waals surface area contributed by atoms with Gasteiger partial charge in [-0.3, -0.25) is 0 Å². The van der Waals surface area contributed by atoms with Crippen molar-refractivity contribution < 1.29 is 23.5 Å². The molecule has 122 valence electrons. The third kappa shape index (κ3) is 4.12. The van der Waals surface area contributed by atoms with Crippen molar-refractivity contribution >= 4 is 12.0 Å². The summed E-state index contributed by atoms with van der Waals surface area (Å²) < 4.78 is 20.6. The predicted molar refractivity (Wildman–Crippen MR) is 84.4 cm³/mol. The fourth-order valence-electron chi connectivity index (χ4n) is 2.02. The zero-order chi connectivity index (χ0) is 16.8. The van der Waals surface area contributed by atoms with Crippen LogP contribution in [-0.2, 0) is 16.1 Å². The number of aromatic nitrogens is 1. The first kappa shape index (κ1) is 16.6. The van der Waals surface area contributed by atoms with Crippen LogP contribution in [0.3, 0.4) is 0 Å². The monoisotopic (exact) mass is 317 g/mol. The van der Waals surface area contributed by atoms with Crippen LogP contribution in [0.4, 0.5) is 0 Å². The molecule has 0 spiro atoms. The van der Waals surface area contributed by atoms with E-state index in [0.717, 1.165) is 16.8 Å². The average Bonchev–Trinajstić information content (AvgIpc) is 2.89. The molecule has 0 fully saturated rings. The standard InChI is InChI=1S/C17H19NO5/c1-11-14(12(2)23-18-11)10-22-17(19)8-6-13-5-7-15(20-3)16(9-13)21-4/h5-9H,10H2,1-4H3. The Morgan fingerprint density at radius 1 is 1.22 bits per heavy atom. The minimum Gasteiger partial charge on any atom is -0.493 e. The van der Waals surface area contributed by atoms with Gasteiger partial charge in [-0.2, -0.15) is 0 Å². The zero-order valence-electron chi connectivity index (χ0n) is 13.6. The Balaban J connectivity index is 1.98. The van der Waals surface area contributed by atoms with E-state index in [1.54, 1.807) is 46.3 Å². The maximum atomic E-state index is 11.8. The van der Waals surface area contributed by atoms with Crippen LogP contribution in [0.1, 0.15) is 22.6 Å². The number of rotatable bonds is 6. The van der Waals surface area contributed by atoms with E-state index in [1.165, 1.54) is 6.08 Å². The molecule has 2 aromatic rings. The summed E-state index contributed by atoms with van der Waals surface area (Å²) in [5.41, 5.74) is 2.31. The Morgan fingerprint density at radius 2 is 1.96 bits per heavy atom. The normalized spacial score (nSPS) is 10.8. The van der Waals surface area contributed by atoms with E-state index < -0.39 is 5.97 Å². The van der Waals surface area contributed by atoms with Gasteiger partial charge in [0.05, 0.1) is 25.5 Å². The topological polar surface area (TPSA) is 70.8 Å². The Bertz CT molecular complexity index is 698. The number of aryl methyl sites for hydroxylation is 2. The number of hydrogen-bond acceptors (Lipinski definition) is 6. The Kier molecular flexibility index (Phi) is 5.41. The Labute approximate surface area is 134 Å². The highest BCUT2D eigenvalue weighted by atomic mass is 16.5. The molecule has 0 saturated heterocycles. The van der Waals surface area contributed by atoms with Crippen LogP contribution in [0.2, 0.25) is 0 Å². The number of carbonyl (C=O) groups excluding carboxylic acids is 1. The second-order valence-electron chi connectivity index (χ2n) is 4.86. The SMILES string of the molecule is COc1ccc(C=CC(=O)OCc2c(C)noc2C)cc1OC. The number of carbonyl (C=O) groups is 1. The van der Waals surface area contributed by atoms with Crippen LogP contribution in [0.15, 0.2) is 28.8 Å². The summed E-state index contributed by atoms with van der Waals surface area (Å²) in [6.45, 7) is 3.72. The van der Waals surface area contributed by atoms with Crippen LogP contribution in [-0.4, -0.2) is 25.3 Å². The Hall–Kier alpha value is -2.76. The van der Waals surface area contributed by atoms with E-state index in [0.29, 0.717) is 17.3 Å². The molecule has 6 heteroatoms. The van der Waals surface area contributed by atoms with E-state index in [2.05, 4.69) is 5.16 Å². The molecule has 0 aliphatic carbocycles. The summed E-state index contributed by atoms with van der Waals surface area (Å²) in [7, 11) is 3.13. The lowest BCUT2D eigenvalue weighted by Crippen LogP contribution is -2.02. The van der Waals surface area contributed by atoms with Gasteiger partial charge in [0, 0.05) is 6.08 Å². The fraction of sp³-hybridized carbons (Fsp3) is 0.294. The number of benzene rings is 1. The van der Waals surface area contributed by atoms with Crippen molar-refractivity contribution in [2.75, 3.05) is 14.2 Å². The molecule has 23 heavy (non-hydrogen) atoms. The van der Waals surface area contributed by atoms with Crippen molar-refractivity contribution in [1.29, 1.82) is 0 Å². The molecule has 0 bridgehead atoms. The molecule has 0 aliphatic rings.